The van der Waals surface area contributed by atoms with E-state index in [-0.39, 0.29) is 12.5 Å². The largest absolute Gasteiger partial charge is 0.449 e. The minimum Gasteiger partial charge on any atom is -0.449 e. The zero-order valence-electron chi connectivity index (χ0n) is 16.3. The van der Waals surface area contributed by atoms with Crippen molar-refractivity contribution >= 4 is 23.8 Å². The van der Waals surface area contributed by atoms with Crippen molar-refractivity contribution in [2.45, 2.75) is 24.9 Å². The van der Waals surface area contributed by atoms with E-state index in [2.05, 4.69) is 34.9 Å². The molecule has 1 aliphatic rings. The van der Waals surface area contributed by atoms with Crippen molar-refractivity contribution in [3.05, 3.63) is 59.7 Å². The Bertz CT molecular complexity index is 895. The molecule has 6 nitrogen and oxygen atoms in total. The molecule has 2 N–H and O–H groups in total. The van der Waals surface area contributed by atoms with Crippen molar-refractivity contribution in [3.63, 3.8) is 0 Å². The summed E-state index contributed by atoms with van der Waals surface area (Å²) in [5.41, 5.74) is 4.56. The van der Waals surface area contributed by atoms with Crippen molar-refractivity contribution < 1.29 is 14.3 Å². The molecule has 0 saturated heterocycles. The monoisotopic (exact) mass is 409 g/mol. The number of fused-ring (bicyclic) bond motifs is 3. The zero-order chi connectivity index (χ0) is 20.8. The second kappa shape index (κ2) is 9.48. The van der Waals surface area contributed by atoms with Gasteiger partial charge in [-0.25, -0.2) is 4.79 Å². The molecule has 0 heterocycles. The van der Waals surface area contributed by atoms with Crippen LogP contribution < -0.4 is 10.6 Å². The van der Waals surface area contributed by atoms with Crippen molar-refractivity contribution in [3.8, 4) is 17.2 Å². The first-order valence-electron chi connectivity index (χ1n) is 9.35. The Labute approximate surface area is 174 Å². The van der Waals surface area contributed by atoms with Crippen LogP contribution >= 0.6 is 11.8 Å². The lowest BCUT2D eigenvalue weighted by atomic mass is 9.98. The molecule has 0 saturated carbocycles. The highest BCUT2D eigenvalue weighted by molar-refractivity contribution is 7.98. The Morgan fingerprint density at radius 2 is 1.69 bits per heavy atom. The number of hydrogen-bond donors (Lipinski definition) is 2. The lowest BCUT2D eigenvalue weighted by Crippen LogP contribution is -2.50. The van der Waals surface area contributed by atoms with E-state index in [1.807, 2.05) is 36.6 Å². The van der Waals surface area contributed by atoms with Gasteiger partial charge in [-0.1, -0.05) is 48.5 Å². The highest BCUT2D eigenvalue weighted by atomic mass is 32.2. The van der Waals surface area contributed by atoms with E-state index < -0.39 is 24.1 Å². The van der Waals surface area contributed by atoms with Crippen LogP contribution in [0.25, 0.3) is 11.1 Å². The molecule has 2 aromatic carbocycles. The molecule has 0 bridgehead atoms. The minimum atomic E-state index is -0.767. The molecule has 2 aromatic rings. The number of amides is 2. The summed E-state index contributed by atoms with van der Waals surface area (Å²) < 4.78 is 5.49. The average Bonchev–Trinajstić information content (AvgIpc) is 3.05. The number of ether oxygens (including phenoxy) is 1. The number of thioether (sulfide) groups is 1. The molecule has 3 rings (SSSR count). The highest BCUT2D eigenvalue weighted by Crippen LogP contribution is 2.44. The fraction of sp³-hybridized carbons (Fsp3) is 0.318. The molecule has 2 atom stereocenters. The van der Waals surface area contributed by atoms with Crippen LogP contribution in [0, 0.1) is 11.3 Å². The molecular formula is C22H23N3O3S. The molecule has 0 aromatic heterocycles. The third-order valence-corrected chi connectivity index (χ3v) is 5.50. The summed E-state index contributed by atoms with van der Waals surface area (Å²) in [6.07, 6.45) is 1.19. The van der Waals surface area contributed by atoms with E-state index in [9.17, 15) is 9.59 Å². The first kappa shape index (κ1) is 20.7. The third kappa shape index (κ3) is 4.72. The van der Waals surface area contributed by atoms with Gasteiger partial charge < -0.3 is 15.4 Å². The fourth-order valence-corrected chi connectivity index (χ4v) is 4.05. The van der Waals surface area contributed by atoms with Crippen molar-refractivity contribution in [2.24, 2.45) is 0 Å². The summed E-state index contributed by atoms with van der Waals surface area (Å²) in [4.78, 5) is 24.7. The van der Waals surface area contributed by atoms with Gasteiger partial charge in [0, 0.05) is 11.7 Å². The number of alkyl carbamates (subject to hydrolysis) is 1. The summed E-state index contributed by atoms with van der Waals surface area (Å²) >= 11 is 1.43. The fourth-order valence-electron chi connectivity index (χ4n) is 3.48. The van der Waals surface area contributed by atoms with Gasteiger partial charge in [0.2, 0.25) is 5.91 Å². The molecular weight excluding hydrogens is 386 g/mol. The Balaban J connectivity index is 1.66. The number of nitriles is 1. The molecule has 150 valence electrons. The van der Waals surface area contributed by atoms with Crippen LogP contribution in [0.5, 0.6) is 0 Å². The van der Waals surface area contributed by atoms with Gasteiger partial charge in [0.1, 0.15) is 18.7 Å². The maximum atomic E-state index is 12.4. The number of nitrogens with zero attached hydrogens (tertiary/aromatic N) is 1. The second-order valence-corrected chi connectivity index (χ2v) is 7.75. The molecule has 2 unspecified atom stereocenters. The lowest BCUT2D eigenvalue weighted by Gasteiger charge is -2.19. The Hall–Kier alpha value is -2.98. The predicted octanol–water partition coefficient (Wildman–Crippen LogP) is 3.28. The lowest BCUT2D eigenvalue weighted by molar-refractivity contribution is -0.122. The molecule has 2 amide bonds. The normalized spacial score (nSPS) is 14.1. The predicted molar refractivity (Wildman–Crippen MR) is 114 cm³/mol. The number of carbonyl (C=O) groups excluding carboxylic acids is 2. The number of carbonyl (C=O) groups is 2. The summed E-state index contributed by atoms with van der Waals surface area (Å²) in [6.45, 7) is 1.77. The van der Waals surface area contributed by atoms with Crippen LogP contribution in [-0.4, -0.2) is 42.7 Å². The van der Waals surface area contributed by atoms with Crippen molar-refractivity contribution in [1.82, 2.24) is 10.6 Å². The van der Waals surface area contributed by atoms with Crippen LogP contribution in [0.1, 0.15) is 24.0 Å². The molecule has 7 heteroatoms. The SMILES string of the molecule is CSCC(NC(=O)OCC1c2ccccc2-c2ccccc21)C(=O)NC(C)C#N. The van der Waals surface area contributed by atoms with Gasteiger partial charge in [-0.15, -0.1) is 0 Å². The van der Waals surface area contributed by atoms with Crippen LogP contribution in [-0.2, 0) is 9.53 Å². The van der Waals surface area contributed by atoms with Crippen molar-refractivity contribution in [1.29, 1.82) is 5.26 Å². The standard InChI is InChI=1S/C22H23N3O3S/c1-14(11-23)24-21(26)20(13-29-2)25-22(27)28-12-19-17-9-5-3-7-15(17)16-8-4-6-10-18(16)19/h3-10,14,19-20H,12-13H2,1-2H3,(H,24,26)(H,25,27). The second-order valence-electron chi connectivity index (χ2n) is 6.84. The smallest absolute Gasteiger partial charge is 0.407 e. The van der Waals surface area contributed by atoms with E-state index >= 15 is 0 Å². The quantitative estimate of drug-likeness (QED) is 0.732. The zero-order valence-corrected chi connectivity index (χ0v) is 17.2. The summed E-state index contributed by atoms with van der Waals surface area (Å²) in [5, 5.41) is 14.0. The Morgan fingerprint density at radius 1 is 1.10 bits per heavy atom. The van der Waals surface area contributed by atoms with Crippen LogP contribution in [0.3, 0.4) is 0 Å². The number of rotatable bonds is 7. The summed E-state index contributed by atoms with van der Waals surface area (Å²) in [7, 11) is 0. The Kier molecular flexibility index (Phi) is 6.78. The Morgan fingerprint density at radius 3 is 2.24 bits per heavy atom. The van der Waals surface area contributed by atoms with E-state index in [4.69, 9.17) is 10.00 Å². The van der Waals surface area contributed by atoms with Crippen molar-refractivity contribution in [2.75, 3.05) is 18.6 Å². The van der Waals surface area contributed by atoms with Crippen LogP contribution in [0.4, 0.5) is 4.79 Å². The van der Waals surface area contributed by atoms with Gasteiger partial charge >= 0.3 is 6.09 Å². The van der Waals surface area contributed by atoms with Gasteiger partial charge in [-0.3, -0.25) is 4.79 Å². The topological polar surface area (TPSA) is 91.2 Å². The van der Waals surface area contributed by atoms with Gasteiger partial charge in [0.25, 0.3) is 0 Å². The number of benzene rings is 2. The molecule has 0 radical (unpaired) electrons. The summed E-state index contributed by atoms with van der Waals surface area (Å²) in [6, 6.07) is 16.8. The molecule has 1 aliphatic carbocycles. The van der Waals surface area contributed by atoms with E-state index in [1.54, 1.807) is 6.92 Å². The van der Waals surface area contributed by atoms with E-state index in [1.165, 1.54) is 11.8 Å². The molecule has 29 heavy (non-hydrogen) atoms. The van der Waals surface area contributed by atoms with Gasteiger partial charge in [0.05, 0.1) is 6.07 Å². The average molecular weight is 410 g/mol. The summed E-state index contributed by atoms with van der Waals surface area (Å²) in [5.74, 6) is -0.0599. The van der Waals surface area contributed by atoms with Gasteiger partial charge in [-0.05, 0) is 35.4 Å². The van der Waals surface area contributed by atoms with E-state index in [0.717, 1.165) is 22.3 Å². The van der Waals surface area contributed by atoms with Crippen LogP contribution in [0.15, 0.2) is 48.5 Å². The van der Waals surface area contributed by atoms with Crippen LogP contribution in [0.2, 0.25) is 0 Å². The maximum Gasteiger partial charge on any atom is 0.407 e. The maximum absolute atomic E-state index is 12.4. The third-order valence-electron chi connectivity index (χ3n) is 4.84. The van der Waals surface area contributed by atoms with E-state index in [0.29, 0.717) is 5.75 Å². The molecule has 0 aliphatic heterocycles. The highest BCUT2D eigenvalue weighted by Gasteiger charge is 2.29. The number of nitrogens with one attached hydrogen (secondary N) is 2. The van der Waals surface area contributed by atoms with Gasteiger partial charge in [0.15, 0.2) is 0 Å². The first-order chi connectivity index (χ1) is 14.0. The molecule has 0 spiro atoms. The number of hydrogen-bond acceptors (Lipinski definition) is 5. The first-order valence-corrected chi connectivity index (χ1v) is 10.7. The minimum absolute atomic E-state index is 0.0420. The molecule has 0 fully saturated rings. The van der Waals surface area contributed by atoms with Gasteiger partial charge in [-0.2, -0.15) is 17.0 Å².